The molecule has 1 fully saturated rings. The predicted octanol–water partition coefficient (Wildman–Crippen LogP) is 0.740. The van der Waals surface area contributed by atoms with Crippen LogP contribution in [-0.4, -0.2) is 62.0 Å². The number of ether oxygens (including phenoxy) is 1. The molecule has 0 aromatic heterocycles. The average Bonchev–Trinajstić information content (AvgIpc) is 2.29. The van der Waals surface area contributed by atoms with Crippen molar-refractivity contribution >= 4 is 11.9 Å². The largest absolute Gasteiger partial charge is 0.466 e. The van der Waals surface area contributed by atoms with Crippen LogP contribution in [0.1, 0.15) is 26.2 Å². The summed E-state index contributed by atoms with van der Waals surface area (Å²) in [4.78, 5) is 27.0. The van der Waals surface area contributed by atoms with Gasteiger partial charge >= 0.3 is 5.97 Å². The highest BCUT2D eigenvalue weighted by atomic mass is 16.5. The summed E-state index contributed by atoms with van der Waals surface area (Å²) in [7, 11) is 3.86. The molecule has 18 heavy (non-hydrogen) atoms. The van der Waals surface area contributed by atoms with Gasteiger partial charge in [-0.15, -0.1) is 0 Å². The molecule has 1 aliphatic heterocycles. The zero-order chi connectivity index (χ0) is 13.5. The van der Waals surface area contributed by atoms with Crippen LogP contribution in [-0.2, 0) is 14.3 Å². The molecule has 1 saturated heterocycles. The maximum Gasteiger partial charge on any atom is 0.315 e. The Morgan fingerprint density at radius 3 is 2.78 bits per heavy atom. The Balaban J connectivity index is 2.32. The number of rotatable bonds is 5. The van der Waals surface area contributed by atoms with E-state index in [0.29, 0.717) is 12.5 Å². The predicted molar refractivity (Wildman–Crippen MR) is 69.1 cm³/mol. The van der Waals surface area contributed by atoms with Gasteiger partial charge in [0.15, 0.2) is 0 Å². The van der Waals surface area contributed by atoms with E-state index in [1.165, 1.54) is 6.42 Å². The summed E-state index contributed by atoms with van der Waals surface area (Å²) >= 11 is 0. The standard InChI is InChI=1S/C13H24N2O3/c1-4-18-13(17)8-12(16)15(3)10-11-6-5-7-14(2)9-11/h11H,4-10H2,1-3H3. The molecule has 0 aliphatic carbocycles. The van der Waals surface area contributed by atoms with Crippen LogP contribution in [0.2, 0.25) is 0 Å². The van der Waals surface area contributed by atoms with Crippen molar-refractivity contribution < 1.29 is 14.3 Å². The van der Waals surface area contributed by atoms with Crippen molar-refractivity contribution in [3.05, 3.63) is 0 Å². The number of hydrogen-bond acceptors (Lipinski definition) is 4. The van der Waals surface area contributed by atoms with Crippen molar-refractivity contribution in [3.63, 3.8) is 0 Å². The maximum atomic E-state index is 11.8. The van der Waals surface area contributed by atoms with E-state index in [0.717, 1.165) is 26.1 Å². The van der Waals surface area contributed by atoms with Crippen LogP contribution in [0.15, 0.2) is 0 Å². The maximum absolute atomic E-state index is 11.8. The third-order valence-electron chi connectivity index (χ3n) is 3.28. The van der Waals surface area contributed by atoms with Crippen LogP contribution in [0.4, 0.5) is 0 Å². The first-order chi connectivity index (χ1) is 8.52. The molecule has 0 spiro atoms. The van der Waals surface area contributed by atoms with Gasteiger partial charge in [0.2, 0.25) is 5.91 Å². The fraction of sp³-hybridized carbons (Fsp3) is 0.846. The molecule has 1 unspecified atom stereocenters. The minimum atomic E-state index is -0.435. The van der Waals surface area contributed by atoms with E-state index < -0.39 is 5.97 Å². The van der Waals surface area contributed by atoms with Crippen LogP contribution in [0.3, 0.4) is 0 Å². The summed E-state index contributed by atoms with van der Waals surface area (Å²) in [5.41, 5.74) is 0. The molecule has 1 atom stereocenters. The first-order valence-electron chi connectivity index (χ1n) is 6.61. The van der Waals surface area contributed by atoms with E-state index >= 15 is 0 Å². The molecule has 1 heterocycles. The number of hydrogen-bond donors (Lipinski definition) is 0. The highest BCUT2D eigenvalue weighted by molar-refractivity contribution is 5.94. The number of carbonyl (C=O) groups is 2. The molecule has 104 valence electrons. The summed E-state index contributed by atoms with van der Waals surface area (Å²) in [6.45, 7) is 4.95. The summed E-state index contributed by atoms with van der Waals surface area (Å²) in [6.07, 6.45) is 2.19. The van der Waals surface area contributed by atoms with E-state index in [4.69, 9.17) is 4.74 Å². The lowest BCUT2D eigenvalue weighted by Crippen LogP contribution is -2.40. The Kier molecular flexibility index (Phi) is 6.12. The van der Waals surface area contributed by atoms with Gasteiger partial charge in [-0.2, -0.15) is 0 Å². The first kappa shape index (κ1) is 15.0. The van der Waals surface area contributed by atoms with Crippen molar-refractivity contribution in [2.24, 2.45) is 5.92 Å². The van der Waals surface area contributed by atoms with E-state index in [-0.39, 0.29) is 12.3 Å². The van der Waals surface area contributed by atoms with Gasteiger partial charge in [0, 0.05) is 20.1 Å². The number of carbonyl (C=O) groups excluding carboxylic acids is 2. The Morgan fingerprint density at radius 2 is 2.17 bits per heavy atom. The third-order valence-corrected chi connectivity index (χ3v) is 3.28. The molecular formula is C13H24N2O3. The Morgan fingerprint density at radius 1 is 1.44 bits per heavy atom. The SMILES string of the molecule is CCOC(=O)CC(=O)N(C)CC1CCCN(C)C1. The van der Waals surface area contributed by atoms with Crippen molar-refractivity contribution in [1.29, 1.82) is 0 Å². The molecule has 0 bridgehead atoms. The quantitative estimate of drug-likeness (QED) is 0.538. The smallest absolute Gasteiger partial charge is 0.315 e. The molecule has 1 amide bonds. The molecule has 0 aromatic carbocycles. The number of esters is 1. The topological polar surface area (TPSA) is 49.9 Å². The average molecular weight is 256 g/mol. The van der Waals surface area contributed by atoms with Crippen molar-refractivity contribution in [2.75, 3.05) is 40.3 Å². The fourth-order valence-corrected chi connectivity index (χ4v) is 2.38. The van der Waals surface area contributed by atoms with Gasteiger partial charge in [-0.1, -0.05) is 0 Å². The fourth-order valence-electron chi connectivity index (χ4n) is 2.38. The van der Waals surface area contributed by atoms with Crippen LogP contribution in [0.25, 0.3) is 0 Å². The second-order valence-corrected chi connectivity index (χ2v) is 5.03. The Bertz CT molecular complexity index is 294. The van der Waals surface area contributed by atoms with Gasteiger partial charge in [-0.25, -0.2) is 0 Å². The molecule has 0 saturated carbocycles. The van der Waals surface area contributed by atoms with Crippen molar-refractivity contribution in [3.8, 4) is 0 Å². The second-order valence-electron chi connectivity index (χ2n) is 5.03. The van der Waals surface area contributed by atoms with Gasteiger partial charge in [-0.3, -0.25) is 9.59 Å². The lowest BCUT2D eigenvalue weighted by molar-refractivity contribution is -0.148. The van der Waals surface area contributed by atoms with Crippen LogP contribution in [0.5, 0.6) is 0 Å². The molecule has 0 radical (unpaired) electrons. The van der Waals surface area contributed by atoms with Crippen LogP contribution in [0, 0.1) is 5.92 Å². The number of piperidine rings is 1. The molecule has 1 aliphatic rings. The van der Waals surface area contributed by atoms with E-state index in [1.54, 1.807) is 18.9 Å². The van der Waals surface area contributed by atoms with Gasteiger partial charge < -0.3 is 14.5 Å². The summed E-state index contributed by atoms with van der Waals surface area (Å²) in [5, 5.41) is 0. The number of likely N-dealkylation sites (tertiary alicyclic amines) is 1. The van der Waals surface area contributed by atoms with E-state index in [1.807, 2.05) is 0 Å². The molecule has 0 N–H and O–H groups in total. The first-order valence-corrected chi connectivity index (χ1v) is 6.61. The van der Waals surface area contributed by atoms with Gasteiger partial charge in [-0.05, 0) is 39.3 Å². The van der Waals surface area contributed by atoms with Crippen molar-refractivity contribution in [2.45, 2.75) is 26.2 Å². The Labute approximate surface area is 109 Å². The lowest BCUT2D eigenvalue weighted by Gasteiger charge is -2.32. The molecular weight excluding hydrogens is 232 g/mol. The van der Waals surface area contributed by atoms with E-state index in [2.05, 4.69) is 11.9 Å². The summed E-state index contributed by atoms with van der Waals surface area (Å²) in [6, 6.07) is 0. The summed E-state index contributed by atoms with van der Waals surface area (Å²) < 4.78 is 4.78. The molecule has 0 aromatic rings. The zero-order valence-electron chi connectivity index (χ0n) is 11.6. The minimum absolute atomic E-state index is 0.146. The lowest BCUT2D eigenvalue weighted by atomic mass is 9.98. The van der Waals surface area contributed by atoms with Crippen molar-refractivity contribution in [1.82, 2.24) is 9.80 Å². The molecule has 5 heteroatoms. The number of amides is 1. The second kappa shape index (κ2) is 7.36. The normalized spacial score (nSPS) is 20.5. The van der Waals surface area contributed by atoms with Gasteiger partial charge in [0.05, 0.1) is 6.61 Å². The summed E-state index contributed by atoms with van der Waals surface area (Å²) in [5.74, 6) is -0.0725. The van der Waals surface area contributed by atoms with Crippen LogP contribution >= 0.6 is 0 Å². The zero-order valence-corrected chi connectivity index (χ0v) is 11.6. The molecule has 1 rings (SSSR count). The van der Waals surface area contributed by atoms with Gasteiger partial charge in [0.1, 0.15) is 6.42 Å². The molecule has 5 nitrogen and oxygen atoms in total. The van der Waals surface area contributed by atoms with Gasteiger partial charge in [0.25, 0.3) is 0 Å². The minimum Gasteiger partial charge on any atom is -0.466 e. The van der Waals surface area contributed by atoms with Crippen LogP contribution < -0.4 is 0 Å². The third kappa shape index (κ3) is 5.04. The Hall–Kier alpha value is -1.10. The monoisotopic (exact) mass is 256 g/mol. The highest BCUT2D eigenvalue weighted by Crippen LogP contribution is 2.16. The highest BCUT2D eigenvalue weighted by Gasteiger charge is 2.22. The number of nitrogens with zero attached hydrogens (tertiary/aromatic N) is 2. The van der Waals surface area contributed by atoms with E-state index in [9.17, 15) is 9.59 Å².